The van der Waals surface area contributed by atoms with Crippen LogP contribution in [0, 0.1) is 10.1 Å². The zero-order valence-corrected chi connectivity index (χ0v) is 12.2. The van der Waals surface area contributed by atoms with Crippen molar-refractivity contribution < 1.29 is 14.5 Å². The van der Waals surface area contributed by atoms with Gasteiger partial charge < -0.3 is 9.64 Å². The van der Waals surface area contributed by atoms with E-state index in [-0.39, 0.29) is 5.69 Å². The molecular weight excluding hydrogens is 272 g/mol. The lowest BCUT2D eigenvalue weighted by Crippen LogP contribution is -2.28. The fourth-order valence-electron chi connectivity index (χ4n) is 2.66. The van der Waals surface area contributed by atoms with Crippen LogP contribution in [0.5, 0.6) is 0 Å². The Kier molecular flexibility index (Phi) is 5.14. The van der Waals surface area contributed by atoms with Crippen LogP contribution in [0.4, 0.5) is 11.4 Å². The second-order valence-electron chi connectivity index (χ2n) is 5.21. The average Bonchev–Trinajstić information content (AvgIpc) is 2.45. The Morgan fingerprint density at radius 2 is 1.81 bits per heavy atom. The second kappa shape index (κ2) is 7.06. The van der Waals surface area contributed by atoms with E-state index in [0.717, 1.165) is 38.8 Å². The van der Waals surface area contributed by atoms with Crippen molar-refractivity contribution >= 4 is 17.3 Å². The molecule has 1 aliphatic rings. The summed E-state index contributed by atoms with van der Waals surface area (Å²) in [6, 6.07) is 4.41. The zero-order valence-electron chi connectivity index (χ0n) is 12.2. The maximum absolute atomic E-state index is 11.6. The van der Waals surface area contributed by atoms with Crippen LogP contribution in [0.1, 0.15) is 42.5 Å². The predicted octanol–water partition coefficient (Wildman–Crippen LogP) is 3.15. The predicted molar refractivity (Wildman–Crippen MR) is 79.7 cm³/mol. The van der Waals surface area contributed by atoms with E-state index in [4.69, 9.17) is 4.74 Å². The van der Waals surface area contributed by atoms with Gasteiger partial charge in [-0.1, -0.05) is 19.3 Å². The lowest BCUT2D eigenvalue weighted by Gasteiger charge is -2.26. The van der Waals surface area contributed by atoms with Crippen LogP contribution in [-0.2, 0) is 4.74 Å². The number of benzene rings is 1. The van der Waals surface area contributed by atoms with Gasteiger partial charge in [-0.3, -0.25) is 10.1 Å². The molecule has 2 rings (SSSR count). The molecule has 1 heterocycles. The summed E-state index contributed by atoms with van der Waals surface area (Å²) in [5, 5.41) is 11.2. The number of nitrogens with zero attached hydrogens (tertiary/aromatic N) is 2. The van der Waals surface area contributed by atoms with Gasteiger partial charge in [0.05, 0.1) is 17.6 Å². The molecule has 1 aromatic rings. The summed E-state index contributed by atoms with van der Waals surface area (Å²) in [6.07, 6.45) is 5.53. The highest BCUT2D eigenvalue weighted by Crippen LogP contribution is 2.31. The van der Waals surface area contributed by atoms with E-state index in [0.29, 0.717) is 11.3 Å². The first-order valence-electron chi connectivity index (χ1n) is 7.25. The first-order valence-corrected chi connectivity index (χ1v) is 7.25. The van der Waals surface area contributed by atoms with Crippen molar-refractivity contribution in [2.24, 2.45) is 0 Å². The number of esters is 1. The highest BCUT2D eigenvalue weighted by atomic mass is 16.6. The Labute approximate surface area is 123 Å². The highest BCUT2D eigenvalue weighted by Gasteiger charge is 2.22. The van der Waals surface area contributed by atoms with Crippen molar-refractivity contribution in [1.82, 2.24) is 0 Å². The van der Waals surface area contributed by atoms with Crippen molar-refractivity contribution in [3.05, 3.63) is 33.9 Å². The number of ether oxygens (including phenoxy) is 1. The van der Waals surface area contributed by atoms with E-state index >= 15 is 0 Å². The minimum absolute atomic E-state index is 0.0447. The third kappa shape index (κ3) is 3.71. The van der Waals surface area contributed by atoms with Crippen LogP contribution in [0.2, 0.25) is 0 Å². The summed E-state index contributed by atoms with van der Waals surface area (Å²) < 4.78 is 4.70. The van der Waals surface area contributed by atoms with Gasteiger partial charge >= 0.3 is 5.97 Å². The first kappa shape index (κ1) is 15.3. The molecule has 0 amide bonds. The van der Waals surface area contributed by atoms with E-state index in [9.17, 15) is 14.9 Å². The number of carbonyl (C=O) groups excluding carboxylic acids is 1. The van der Waals surface area contributed by atoms with Crippen LogP contribution in [0.15, 0.2) is 18.2 Å². The lowest BCUT2D eigenvalue weighted by molar-refractivity contribution is -0.384. The van der Waals surface area contributed by atoms with Crippen molar-refractivity contribution in [2.45, 2.75) is 32.1 Å². The van der Waals surface area contributed by atoms with E-state index in [1.54, 1.807) is 6.07 Å². The second-order valence-corrected chi connectivity index (χ2v) is 5.21. The molecule has 0 radical (unpaired) electrons. The van der Waals surface area contributed by atoms with Crippen LogP contribution >= 0.6 is 0 Å². The third-order valence-electron chi connectivity index (χ3n) is 3.79. The molecule has 114 valence electrons. The summed E-state index contributed by atoms with van der Waals surface area (Å²) in [5.74, 6) is -0.474. The fraction of sp³-hybridized carbons (Fsp3) is 0.533. The topological polar surface area (TPSA) is 72.7 Å². The molecule has 1 saturated heterocycles. The Morgan fingerprint density at radius 1 is 1.19 bits per heavy atom. The number of hydrogen-bond acceptors (Lipinski definition) is 5. The summed E-state index contributed by atoms with van der Waals surface area (Å²) in [7, 11) is 1.31. The minimum atomic E-state index is -0.474. The summed E-state index contributed by atoms with van der Waals surface area (Å²) >= 11 is 0. The molecule has 21 heavy (non-hydrogen) atoms. The van der Waals surface area contributed by atoms with Gasteiger partial charge in [-0.25, -0.2) is 4.79 Å². The molecule has 1 fully saturated rings. The Morgan fingerprint density at radius 3 is 2.38 bits per heavy atom. The van der Waals surface area contributed by atoms with Crippen molar-refractivity contribution in [1.29, 1.82) is 0 Å². The Bertz CT molecular complexity index is 522. The fourth-order valence-corrected chi connectivity index (χ4v) is 2.66. The van der Waals surface area contributed by atoms with Crippen LogP contribution in [0.3, 0.4) is 0 Å². The molecule has 1 aliphatic heterocycles. The summed E-state index contributed by atoms with van der Waals surface area (Å²) in [5.41, 5.74) is 0.910. The molecular formula is C15H20N2O4. The molecule has 0 saturated carbocycles. The zero-order chi connectivity index (χ0) is 15.2. The molecule has 0 atom stereocenters. The number of nitro benzene ring substituents is 1. The van der Waals surface area contributed by atoms with Gasteiger partial charge in [-0.2, -0.15) is 0 Å². The van der Waals surface area contributed by atoms with Crippen LogP contribution < -0.4 is 4.90 Å². The largest absolute Gasteiger partial charge is 0.465 e. The first-order chi connectivity index (χ1) is 10.1. The molecule has 0 spiro atoms. The monoisotopic (exact) mass is 292 g/mol. The van der Waals surface area contributed by atoms with E-state index in [2.05, 4.69) is 0 Å². The lowest BCUT2D eigenvalue weighted by atomic mass is 10.1. The van der Waals surface area contributed by atoms with E-state index in [1.165, 1.54) is 25.7 Å². The van der Waals surface area contributed by atoms with Crippen LogP contribution in [0.25, 0.3) is 0 Å². The number of methoxy groups -OCH3 is 1. The van der Waals surface area contributed by atoms with Gasteiger partial charge in [0.25, 0.3) is 5.69 Å². The highest BCUT2D eigenvalue weighted by molar-refractivity contribution is 5.91. The standard InChI is InChI=1S/C15H20N2O4/c1-21-15(18)12-7-8-13(17(19)20)14(11-12)16-9-5-3-2-4-6-10-16/h7-8,11H,2-6,9-10H2,1H3. The maximum Gasteiger partial charge on any atom is 0.337 e. The van der Waals surface area contributed by atoms with Gasteiger partial charge in [0.15, 0.2) is 0 Å². The van der Waals surface area contributed by atoms with Crippen molar-refractivity contribution in [3.63, 3.8) is 0 Å². The average molecular weight is 292 g/mol. The Balaban J connectivity index is 2.36. The van der Waals surface area contributed by atoms with Gasteiger partial charge in [-0.15, -0.1) is 0 Å². The SMILES string of the molecule is COC(=O)c1ccc([N+](=O)[O-])c(N2CCCCCCC2)c1. The number of nitro groups is 1. The summed E-state index contributed by atoms with van der Waals surface area (Å²) in [6.45, 7) is 1.57. The van der Waals surface area contributed by atoms with Crippen LogP contribution in [-0.4, -0.2) is 31.1 Å². The smallest absolute Gasteiger partial charge is 0.337 e. The molecule has 0 bridgehead atoms. The maximum atomic E-state index is 11.6. The van der Waals surface area contributed by atoms with Crippen molar-refractivity contribution in [3.8, 4) is 0 Å². The third-order valence-corrected chi connectivity index (χ3v) is 3.79. The van der Waals surface area contributed by atoms with E-state index < -0.39 is 10.9 Å². The Hall–Kier alpha value is -2.11. The van der Waals surface area contributed by atoms with Crippen molar-refractivity contribution in [2.75, 3.05) is 25.1 Å². The number of carbonyl (C=O) groups is 1. The van der Waals surface area contributed by atoms with Gasteiger partial charge in [0.1, 0.15) is 5.69 Å². The minimum Gasteiger partial charge on any atom is -0.465 e. The number of anilines is 1. The molecule has 0 aromatic heterocycles. The molecule has 1 aromatic carbocycles. The van der Waals surface area contributed by atoms with Gasteiger partial charge in [0, 0.05) is 19.2 Å². The number of hydrogen-bond donors (Lipinski definition) is 0. The number of rotatable bonds is 3. The molecule has 6 heteroatoms. The quantitative estimate of drug-likeness (QED) is 0.486. The van der Waals surface area contributed by atoms with E-state index in [1.807, 2.05) is 4.90 Å². The molecule has 6 nitrogen and oxygen atoms in total. The normalized spacial score (nSPS) is 16.0. The molecule has 0 unspecified atom stereocenters. The molecule has 0 N–H and O–H groups in total. The van der Waals surface area contributed by atoms with Gasteiger partial charge in [-0.05, 0) is 25.0 Å². The summed E-state index contributed by atoms with van der Waals surface area (Å²) in [4.78, 5) is 24.5. The van der Waals surface area contributed by atoms with Gasteiger partial charge in [0.2, 0.25) is 0 Å². The molecule has 0 aliphatic carbocycles.